The number of hydrogen-bond donors (Lipinski definition) is 2. The number of alkyl halides is 3. The van der Waals surface area contributed by atoms with Crippen LogP contribution in [0.15, 0.2) is 59.5 Å². The molecule has 0 saturated heterocycles. The maximum Gasteiger partial charge on any atom is 0.416 e. The number of imidazole rings is 1. The van der Waals surface area contributed by atoms with Crippen LogP contribution < -0.4 is 15.9 Å². The minimum atomic E-state index is -4.61. The molecule has 2 aromatic heterocycles. The summed E-state index contributed by atoms with van der Waals surface area (Å²) < 4.78 is 44.5. The van der Waals surface area contributed by atoms with Crippen LogP contribution in [0.25, 0.3) is 22.8 Å². The quantitative estimate of drug-likeness (QED) is 0.340. The number of benzene rings is 2. The zero-order valence-electron chi connectivity index (χ0n) is 24.2. The Hall–Kier alpha value is -4.63. The van der Waals surface area contributed by atoms with E-state index in [-0.39, 0.29) is 23.1 Å². The Bertz CT molecular complexity index is 1750. The number of amides is 1. The van der Waals surface area contributed by atoms with Crippen LogP contribution in [0.1, 0.15) is 48.1 Å². The number of hydrogen-bond acceptors (Lipinski definition) is 4. The monoisotopic (exact) mass is 592 g/mol. The van der Waals surface area contributed by atoms with Crippen LogP contribution in [0.2, 0.25) is 0 Å². The molecule has 5 rings (SSSR count). The smallest absolute Gasteiger partial charge is 0.340 e. The number of nitriles is 1. The number of nitrogens with one attached hydrogen (secondary N) is 2. The van der Waals surface area contributed by atoms with Gasteiger partial charge in [-0.15, -0.1) is 0 Å². The lowest BCUT2D eigenvalue weighted by Crippen LogP contribution is -3.06. The van der Waals surface area contributed by atoms with Crippen molar-refractivity contribution in [1.82, 2.24) is 24.2 Å². The van der Waals surface area contributed by atoms with Gasteiger partial charge in [0, 0.05) is 12.5 Å². The number of rotatable bonds is 7. The van der Waals surface area contributed by atoms with E-state index >= 15 is 0 Å². The van der Waals surface area contributed by atoms with Gasteiger partial charge in [-0.1, -0.05) is 18.9 Å². The first-order chi connectivity index (χ1) is 20.5. The van der Waals surface area contributed by atoms with E-state index < -0.39 is 23.5 Å². The Morgan fingerprint density at radius 1 is 1.14 bits per heavy atom. The van der Waals surface area contributed by atoms with Crippen LogP contribution in [0.5, 0.6) is 0 Å². The average molecular weight is 593 g/mol. The van der Waals surface area contributed by atoms with Gasteiger partial charge in [-0.25, -0.2) is 18.8 Å². The highest BCUT2D eigenvalue weighted by atomic mass is 19.4. The van der Waals surface area contributed by atoms with E-state index in [1.54, 1.807) is 42.1 Å². The minimum absolute atomic E-state index is 0.00919. The summed E-state index contributed by atoms with van der Waals surface area (Å²) in [5.41, 5.74) is 1.20. The van der Waals surface area contributed by atoms with Crippen molar-refractivity contribution in [1.29, 1.82) is 5.26 Å². The molecule has 0 unspecified atom stereocenters. The molecule has 12 heteroatoms. The van der Waals surface area contributed by atoms with Crippen molar-refractivity contribution in [3.63, 3.8) is 0 Å². The summed E-state index contributed by atoms with van der Waals surface area (Å²) in [5, 5.41) is 17.0. The molecule has 224 valence electrons. The lowest BCUT2D eigenvalue weighted by atomic mass is 10.1. The molecular formula is C31H33F3N7O2+. The number of likely N-dealkylation sites (N-methyl/N-ethyl adjacent to an activating group) is 1. The predicted molar refractivity (Wildman–Crippen MR) is 155 cm³/mol. The lowest BCUT2D eigenvalue weighted by molar-refractivity contribution is -0.858. The van der Waals surface area contributed by atoms with Gasteiger partial charge < -0.3 is 10.2 Å². The Balaban J connectivity index is 1.72. The van der Waals surface area contributed by atoms with Gasteiger partial charge >= 0.3 is 17.9 Å². The maximum absolute atomic E-state index is 14.0. The van der Waals surface area contributed by atoms with Gasteiger partial charge in [0.25, 0.3) is 0 Å². The third-order valence-corrected chi connectivity index (χ3v) is 7.82. The highest BCUT2D eigenvalue weighted by molar-refractivity contribution is 5.83. The second-order valence-electron chi connectivity index (χ2n) is 11.2. The number of halogens is 3. The number of nitrogens with zero attached hydrogens (tertiary/aromatic N) is 5. The number of quaternary nitrogens is 1. The van der Waals surface area contributed by atoms with E-state index in [4.69, 9.17) is 0 Å². The normalized spacial score (nSPS) is 13.9. The van der Waals surface area contributed by atoms with Crippen LogP contribution in [0.3, 0.4) is 0 Å². The van der Waals surface area contributed by atoms with Crippen molar-refractivity contribution in [2.45, 2.75) is 51.2 Å². The number of aromatic nitrogens is 4. The molecule has 2 aromatic carbocycles. The molecule has 1 amide bonds. The Labute approximate surface area is 246 Å². The van der Waals surface area contributed by atoms with Gasteiger partial charge in [-0.3, -0.25) is 4.57 Å². The summed E-state index contributed by atoms with van der Waals surface area (Å²) in [4.78, 5) is 28.9. The van der Waals surface area contributed by atoms with Gasteiger partial charge in [-0.05, 0) is 67.8 Å². The Morgan fingerprint density at radius 3 is 2.56 bits per heavy atom. The second kappa shape index (κ2) is 11.9. The van der Waals surface area contributed by atoms with Gasteiger partial charge in [0.1, 0.15) is 5.69 Å². The first kappa shape index (κ1) is 29.8. The van der Waals surface area contributed by atoms with E-state index in [1.165, 1.54) is 17.0 Å². The fourth-order valence-corrected chi connectivity index (χ4v) is 5.65. The summed E-state index contributed by atoms with van der Waals surface area (Å²) in [6, 6.07) is 12.8. The maximum atomic E-state index is 14.0. The van der Waals surface area contributed by atoms with Crippen LogP contribution in [-0.2, 0) is 12.6 Å². The molecule has 0 bridgehead atoms. The third-order valence-electron chi connectivity index (χ3n) is 7.82. The zero-order chi connectivity index (χ0) is 30.9. The molecule has 0 aliphatic heterocycles. The van der Waals surface area contributed by atoms with Gasteiger partial charge in [0.15, 0.2) is 0 Å². The van der Waals surface area contributed by atoms with E-state index in [2.05, 4.69) is 16.5 Å². The molecule has 43 heavy (non-hydrogen) atoms. The average Bonchev–Trinajstić information content (AvgIpc) is 3.71. The van der Waals surface area contributed by atoms with E-state index in [9.17, 15) is 28.0 Å². The largest absolute Gasteiger partial charge is 0.416 e. The third kappa shape index (κ3) is 5.99. The predicted octanol–water partition coefficient (Wildman–Crippen LogP) is 3.88. The molecule has 1 aliphatic carbocycles. The van der Waals surface area contributed by atoms with Crippen molar-refractivity contribution >= 4 is 6.03 Å². The topological polar surface area (TPSA) is 102 Å². The van der Waals surface area contributed by atoms with Crippen molar-refractivity contribution in [3.05, 3.63) is 87.6 Å². The molecule has 0 spiro atoms. The molecule has 1 aliphatic rings. The summed E-state index contributed by atoms with van der Waals surface area (Å²) >= 11 is 0. The van der Waals surface area contributed by atoms with Crippen LogP contribution in [0, 0.1) is 18.3 Å². The van der Waals surface area contributed by atoms with E-state index in [0.29, 0.717) is 23.4 Å². The molecule has 9 nitrogen and oxygen atoms in total. The van der Waals surface area contributed by atoms with E-state index in [0.717, 1.165) is 59.1 Å². The van der Waals surface area contributed by atoms with Gasteiger partial charge in [0.2, 0.25) is 0 Å². The fourth-order valence-electron chi connectivity index (χ4n) is 5.65. The SMILES string of the molecule is Cc1c(-c2ccnn2-c2ccc(C#N)cc2CC[NH+](C)C)n(C(=O)NC2CCCC2)c(=O)n1-c1cccc(C(F)(F)F)c1. The summed E-state index contributed by atoms with van der Waals surface area (Å²) in [6.07, 6.45) is 1.04. The fraction of sp³-hybridized carbons (Fsp3) is 0.355. The van der Waals surface area contributed by atoms with Crippen molar-refractivity contribution in [3.8, 4) is 28.8 Å². The highest BCUT2D eigenvalue weighted by Gasteiger charge is 2.32. The highest BCUT2D eigenvalue weighted by Crippen LogP contribution is 2.32. The van der Waals surface area contributed by atoms with Crippen LogP contribution >= 0.6 is 0 Å². The molecule has 4 aromatic rings. The van der Waals surface area contributed by atoms with Crippen LogP contribution in [0.4, 0.5) is 18.0 Å². The standard InChI is InChI=1S/C31H32F3N7O2/c1-20-28(27-13-15-36-41(27)26-12-11-21(19-35)17-22(26)14-16-38(2)3)40(29(42)37-24-8-4-5-9-24)30(43)39(20)25-10-6-7-23(18-25)31(32,33)34/h6-7,10-13,15,17-18,24H,4-5,8-9,14,16H2,1-3H3,(H,37,42)/p+1. The molecule has 0 radical (unpaired) electrons. The molecular weight excluding hydrogens is 559 g/mol. The molecule has 2 heterocycles. The van der Waals surface area contributed by atoms with Crippen molar-refractivity contribution in [2.75, 3.05) is 20.6 Å². The minimum Gasteiger partial charge on any atom is -0.340 e. The summed E-state index contributed by atoms with van der Waals surface area (Å²) in [7, 11) is 4.04. The molecule has 1 fully saturated rings. The summed E-state index contributed by atoms with van der Waals surface area (Å²) in [6.45, 7) is 2.38. The van der Waals surface area contributed by atoms with E-state index in [1.807, 2.05) is 14.1 Å². The van der Waals surface area contributed by atoms with Crippen LogP contribution in [-0.4, -0.2) is 51.6 Å². The lowest BCUT2D eigenvalue weighted by Gasteiger charge is -2.16. The Morgan fingerprint density at radius 2 is 1.88 bits per heavy atom. The summed E-state index contributed by atoms with van der Waals surface area (Å²) in [5.74, 6) is 0. The number of carbonyl (C=O) groups excluding carboxylic acids is 1. The number of carbonyl (C=O) groups is 1. The van der Waals surface area contributed by atoms with Crippen molar-refractivity contribution in [2.24, 2.45) is 0 Å². The van der Waals surface area contributed by atoms with Gasteiger partial charge in [0.05, 0.1) is 66.8 Å². The molecule has 2 N–H and O–H groups in total. The van der Waals surface area contributed by atoms with Crippen molar-refractivity contribution < 1.29 is 22.9 Å². The Kier molecular flexibility index (Phi) is 8.28. The molecule has 1 saturated carbocycles. The first-order valence-electron chi connectivity index (χ1n) is 14.2. The first-order valence-corrected chi connectivity index (χ1v) is 14.2. The molecule has 0 atom stereocenters. The second-order valence-corrected chi connectivity index (χ2v) is 11.2. The van der Waals surface area contributed by atoms with Gasteiger partial charge in [-0.2, -0.15) is 23.5 Å². The zero-order valence-corrected chi connectivity index (χ0v) is 24.2.